The van der Waals surface area contributed by atoms with Gasteiger partial charge in [0.2, 0.25) is 0 Å². The number of ether oxygens (including phenoxy) is 1. The predicted octanol–water partition coefficient (Wildman–Crippen LogP) is 2.49. The molecule has 2 rings (SSSR count). The van der Waals surface area contributed by atoms with Gasteiger partial charge < -0.3 is 4.74 Å². The molecule has 1 heterocycles. The highest BCUT2D eigenvalue weighted by Gasteiger charge is 2.03. The highest BCUT2D eigenvalue weighted by molar-refractivity contribution is 6.30. The quantitative estimate of drug-likeness (QED) is 0.837. The largest absolute Gasteiger partial charge is 0.483 e. The zero-order chi connectivity index (χ0) is 12.3. The number of Topliss-reactive ketones (excluding diaryl/α,β-unsaturated/α-hetero) is 1. The highest BCUT2D eigenvalue weighted by atomic mass is 35.5. The maximum Gasteiger partial charge on any atom is 0.167 e. The zero-order valence-electron chi connectivity index (χ0n) is 9.26. The SMILES string of the molecule is CC(=O)COc1cnn(-c2cccc(Cl)c2)c1. The topological polar surface area (TPSA) is 44.1 Å². The molecule has 0 unspecified atom stereocenters. The predicted molar refractivity (Wildman–Crippen MR) is 64.8 cm³/mol. The highest BCUT2D eigenvalue weighted by Crippen LogP contribution is 2.17. The summed E-state index contributed by atoms with van der Waals surface area (Å²) in [6.45, 7) is 1.53. The molecule has 4 nitrogen and oxygen atoms in total. The van der Waals surface area contributed by atoms with E-state index < -0.39 is 0 Å². The molecule has 0 atom stereocenters. The molecular formula is C12H11ClN2O2. The lowest BCUT2D eigenvalue weighted by Crippen LogP contribution is -2.05. The van der Waals surface area contributed by atoms with Crippen LogP contribution in [0.3, 0.4) is 0 Å². The third kappa shape index (κ3) is 3.07. The van der Waals surface area contributed by atoms with E-state index in [-0.39, 0.29) is 12.4 Å². The average Bonchev–Trinajstić information content (AvgIpc) is 2.75. The van der Waals surface area contributed by atoms with E-state index in [0.717, 1.165) is 5.69 Å². The summed E-state index contributed by atoms with van der Waals surface area (Å²) in [6.07, 6.45) is 3.26. The number of rotatable bonds is 4. The lowest BCUT2D eigenvalue weighted by atomic mass is 10.3. The molecule has 0 aliphatic carbocycles. The molecule has 5 heteroatoms. The van der Waals surface area contributed by atoms with E-state index >= 15 is 0 Å². The Hall–Kier alpha value is -1.81. The Kier molecular flexibility index (Phi) is 3.44. The summed E-state index contributed by atoms with van der Waals surface area (Å²) in [7, 11) is 0. The third-order valence-electron chi connectivity index (χ3n) is 2.07. The van der Waals surface area contributed by atoms with Crippen molar-refractivity contribution in [3.05, 3.63) is 41.7 Å². The number of hydrogen-bond donors (Lipinski definition) is 0. The van der Waals surface area contributed by atoms with Crippen LogP contribution in [0.4, 0.5) is 0 Å². The van der Waals surface area contributed by atoms with Crippen LogP contribution in [0.5, 0.6) is 5.75 Å². The van der Waals surface area contributed by atoms with Crippen molar-refractivity contribution in [3.63, 3.8) is 0 Å². The number of aromatic nitrogens is 2. The van der Waals surface area contributed by atoms with Crippen LogP contribution in [0.25, 0.3) is 5.69 Å². The van der Waals surface area contributed by atoms with Crippen molar-refractivity contribution in [1.82, 2.24) is 9.78 Å². The Morgan fingerprint density at radius 3 is 3.06 bits per heavy atom. The van der Waals surface area contributed by atoms with E-state index in [1.807, 2.05) is 12.1 Å². The number of ketones is 1. The lowest BCUT2D eigenvalue weighted by molar-refractivity contribution is -0.118. The monoisotopic (exact) mass is 250 g/mol. The van der Waals surface area contributed by atoms with E-state index in [0.29, 0.717) is 10.8 Å². The molecule has 2 aromatic rings. The van der Waals surface area contributed by atoms with Crippen LogP contribution < -0.4 is 4.74 Å². The minimum absolute atomic E-state index is 0.0273. The molecule has 0 aliphatic rings. The molecule has 1 aromatic heterocycles. The molecule has 1 aromatic carbocycles. The molecular weight excluding hydrogens is 240 g/mol. The molecule has 17 heavy (non-hydrogen) atoms. The van der Waals surface area contributed by atoms with E-state index in [1.165, 1.54) is 6.92 Å². The Bertz CT molecular complexity index is 537. The van der Waals surface area contributed by atoms with Crippen molar-refractivity contribution in [1.29, 1.82) is 0 Å². The molecule has 0 radical (unpaired) electrons. The molecule has 88 valence electrons. The minimum Gasteiger partial charge on any atom is -0.483 e. The van der Waals surface area contributed by atoms with Gasteiger partial charge in [-0.1, -0.05) is 17.7 Å². The van der Waals surface area contributed by atoms with Crippen molar-refractivity contribution in [2.24, 2.45) is 0 Å². The lowest BCUT2D eigenvalue weighted by Gasteiger charge is -2.01. The second kappa shape index (κ2) is 5.01. The van der Waals surface area contributed by atoms with Gasteiger partial charge in [-0.15, -0.1) is 0 Å². The molecule has 0 N–H and O–H groups in total. The Morgan fingerprint density at radius 1 is 1.53 bits per heavy atom. The van der Waals surface area contributed by atoms with Crippen LogP contribution in [0, 0.1) is 0 Å². The molecule has 0 spiro atoms. The summed E-state index contributed by atoms with van der Waals surface area (Å²) < 4.78 is 6.87. The number of carbonyl (C=O) groups excluding carboxylic acids is 1. The van der Waals surface area contributed by atoms with Gasteiger partial charge in [0.1, 0.15) is 6.61 Å². The first kappa shape index (κ1) is 11.7. The van der Waals surface area contributed by atoms with E-state index in [1.54, 1.807) is 29.2 Å². The number of carbonyl (C=O) groups is 1. The first-order valence-corrected chi connectivity index (χ1v) is 5.46. The van der Waals surface area contributed by atoms with Crippen LogP contribution in [0.15, 0.2) is 36.7 Å². The average molecular weight is 251 g/mol. The van der Waals surface area contributed by atoms with Gasteiger partial charge in [-0.25, -0.2) is 4.68 Å². The van der Waals surface area contributed by atoms with Crippen LogP contribution in [-0.4, -0.2) is 22.2 Å². The number of benzene rings is 1. The first-order chi connectivity index (χ1) is 8.15. The molecule has 0 aliphatic heterocycles. The number of nitrogens with zero attached hydrogens (tertiary/aromatic N) is 2. The molecule has 0 bridgehead atoms. The van der Waals surface area contributed by atoms with Crippen LogP contribution in [0.2, 0.25) is 5.02 Å². The molecule has 0 saturated carbocycles. The summed E-state index contributed by atoms with van der Waals surface area (Å²) in [4.78, 5) is 10.8. The van der Waals surface area contributed by atoms with Crippen LogP contribution in [-0.2, 0) is 4.79 Å². The van der Waals surface area contributed by atoms with E-state index in [9.17, 15) is 4.79 Å². The zero-order valence-corrected chi connectivity index (χ0v) is 10.0. The second-order valence-electron chi connectivity index (χ2n) is 3.59. The third-order valence-corrected chi connectivity index (χ3v) is 2.31. The van der Waals surface area contributed by atoms with Crippen LogP contribution >= 0.6 is 11.6 Å². The van der Waals surface area contributed by atoms with Crippen molar-refractivity contribution in [2.75, 3.05) is 6.61 Å². The van der Waals surface area contributed by atoms with Crippen molar-refractivity contribution < 1.29 is 9.53 Å². The molecule has 0 fully saturated rings. The summed E-state index contributed by atoms with van der Waals surface area (Å²) in [5, 5.41) is 4.77. The van der Waals surface area contributed by atoms with Crippen LogP contribution in [0.1, 0.15) is 6.92 Å². The fourth-order valence-electron chi connectivity index (χ4n) is 1.33. The van der Waals surface area contributed by atoms with Gasteiger partial charge in [0.25, 0.3) is 0 Å². The van der Waals surface area contributed by atoms with Crippen molar-refractivity contribution in [2.45, 2.75) is 6.92 Å². The van der Waals surface area contributed by atoms with Crippen molar-refractivity contribution in [3.8, 4) is 11.4 Å². The summed E-state index contributed by atoms with van der Waals surface area (Å²) in [6, 6.07) is 7.31. The maximum atomic E-state index is 10.8. The normalized spacial score (nSPS) is 10.2. The summed E-state index contributed by atoms with van der Waals surface area (Å²) in [5.41, 5.74) is 0.843. The van der Waals surface area contributed by atoms with Gasteiger partial charge in [-0.3, -0.25) is 4.79 Å². The van der Waals surface area contributed by atoms with Gasteiger partial charge in [0, 0.05) is 5.02 Å². The second-order valence-corrected chi connectivity index (χ2v) is 4.03. The fourth-order valence-corrected chi connectivity index (χ4v) is 1.51. The maximum absolute atomic E-state index is 10.8. The smallest absolute Gasteiger partial charge is 0.167 e. The Balaban J connectivity index is 2.15. The Morgan fingerprint density at radius 2 is 2.35 bits per heavy atom. The fraction of sp³-hybridized carbons (Fsp3) is 0.167. The Labute approximate surface area is 104 Å². The molecule has 0 saturated heterocycles. The molecule has 0 amide bonds. The van der Waals surface area contributed by atoms with Gasteiger partial charge in [-0.05, 0) is 25.1 Å². The standard InChI is InChI=1S/C12H11ClN2O2/c1-9(16)8-17-12-6-14-15(7-12)11-4-2-3-10(13)5-11/h2-7H,8H2,1H3. The summed E-state index contributed by atoms with van der Waals surface area (Å²) in [5.74, 6) is 0.528. The van der Waals surface area contributed by atoms with Gasteiger partial charge in [-0.2, -0.15) is 5.10 Å². The number of halogens is 1. The van der Waals surface area contributed by atoms with Crippen molar-refractivity contribution >= 4 is 17.4 Å². The minimum atomic E-state index is -0.0273. The number of hydrogen-bond acceptors (Lipinski definition) is 3. The summed E-state index contributed by atoms with van der Waals surface area (Å²) >= 11 is 5.89. The van der Waals surface area contributed by atoms with E-state index in [4.69, 9.17) is 16.3 Å². The van der Waals surface area contributed by atoms with Gasteiger partial charge in [0.05, 0.1) is 18.1 Å². The van der Waals surface area contributed by atoms with Gasteiger partial charge >= 0.3 is 0 Å². The van der Waals surface area contributed by atoms with Gasteiger partial charge in [0.15, 0.2) is 11.5 Å². The first-order valence-electron chi connectivity index (χ1n) is 5.08. The van der Waals surface area contributed by atoms with E-state index in [2.05, 4.69) is 5.10 Å².